The van der Waals surface area contributed by atoms with E-state index in [1.54, 1.807) is 6.20 Å². The van der Waals surface area contributed by atoms with E-state index in [1.807, 2.05) is 89.9 Å². The van der Waals surface area contributed by atoms with Crippen LogP contribution in [-0.4, -0.2) is 74.8 Å². The van der Waals surface area contributed by atoms with Crippen LogP contribution in [0.25, 0.3) is 11.4 Å². The summed E-state index contributed by atoms with van der Waals surface area (Å²) in [6, 6.07) is 11.5. The number of alkyl carbamates (subject to hydrolysis) is 1. The number of carbonyl (C=O) groups excluding carboxylic acids is 2. The van der Waals surface area contributed by atoms with Crippen LogP contribution in [0.4, 0.5) is 22.2 Å². The minimum Gasteiger partial charge on any atom is -0.459 e. The molecule has 2 heterocycles. The molecule has 0 aliphatic heterocycles. The second kappa shape index (κ2) is 14.5. The molecule has 0 atom stereocenters. The van der Waals surface area contributed by atoms with E-state index in [1.165, 1.54) is 6.33 Å². The maximum absolute atomic E-state index is 12.2. The van der Waals surface area contributed by atoms with Crippen molar-refractivity contribution in [2.75, 3.05) is 37.3 Å². The first-order chi connectivity index (χ1) is 19.8. The zero-order valence-electron chi connectivity index (χ0n) is 25.5. The van der Waals surface area contributed by atoms with Crippen molar-refractivity contribution in [3.8, 4) is 11.4 Å². The van der Waals surface area contributed by atoms with Gasteiger partial charge in [0.1, 0.15) is 23.3 Å². The fourth-order valence-electron chi connectivity index (χ4n) is 3.81. The number of nitrogens with one attached hydrogen (secondary N) is 3. The highest BCUT2D eigenvalue weighted by Gasteiger charge is 2.18. The maximum atomic E-state index is 12.2. The van der Waals surface area contributed by atoms with Gasteiger partial charge in [-0.05, 0) is 84.8 Å². The number of hydrogen-bond acceptors (Lipinski definition) is 11. The van der Waals surface area contributed by atoms with Gasteiger partial charge in [-0.2, -0.15) is 4.98 Å². The highest BCUT2D eigenvalue weighted by atomic mass is 16.6. The van der Waals surface area contributed by atoms with Gasteiger partial charge in [-0.25, -0.2) is 19.7 Å². The summed E-state index contributed by atoms with van der Waals surface area (Å²) >= 11 is 0. The van der Waals surface area contributed by atoms with Gasteiger partial charge >= 0.3 is 12.1 Å². The van der Waals surface area contributed by atoms with E-state index in [0.717, 1.165) is 16.8 Å². The molecule has 42 heavy (non-hydrogen) atoms. The summed E-state index contributed by atoms with van der Waals surface area (Å²) < 4.78 is 10.6. The van der Waals surface area contributed by atoms with Crippen LogP contribution < -0.4 is 16.0 Å². The fraction of sp³-hybridized carbons (Fsp3) is 0.467. The first kappa shape index (κ1) is 32.2. The van der Waals surface area contributed by atoms with E-state index in [-0.39, 0.29) is 12.5 Å². The number of likely N-dealkylation sites (N-methyl/N-ethyl adjacent to an activating group) is 1. The second-order valence-corrected chi connectivity index (χ2v) is 11.9. The van der Waals surface area contributed by atoms with Crippen LogP contribution in [0.15, 0.2) is 48.9 Å². The number of hydrogen-bond donors (Lipinski definition) is 3. The number of benzene rings is 1. The predicted octanol–water partition coefficient (Wildman–Crippen LogP) is 4.78. The highest BCUT2D eigenvalue weighted by Crippen LogP contribution is 2.20. The number of nitrogens with zero attached hydrogens (tertiary/aromatic N) is 5. The Morgan fingerprint density at radius 3 is 2.43 bits per heavy atom. The van der Waals surface area contributed by atoms with Crippen molar-refractivity contribution in [3.05, 3.63) is 54.5 Å². The van der Waals surface area contributed by atoms with Gasteiger partial charge in [-0.1, -0.05) is 12.1 Å². The highest BCUT2D eigenvalue weighted by molar-refractivity contribution is 5.72. The molecule has 0 aliphatic rings. The minimum atomic E-state index is -0.525. The van der Waals surface area contributed by atoms with Gasteiger partial charge < -0.3 is 25.4 Å². The smallest absolute Gasteiger partial charge is 0.407 e. The Bertz CT molecular complexity index is 1340. The van der Waals surface area contributed by atoms with E-state index in [2.05, 4.69) is 35.9 Å². The fourth-order valence-corrected chi connectivity index (χ4v) is 3.81. The van der Waals surface area contributed by atoms with Gasteiger partial charge in [0.15, 0.2) is 5.82 Å². The molecule has 3 rings (SSSR count). The van der Waals surface area contributed by atoms with Crippen molar-refractivity contribution in [1.82, 2.24) is 30.2 Å². The molecular formula is C30H42N8O4. The average molecular weight is 579 g/mol. The molecule has 1 amide bonds. The summed E-state index contributed by atoms with van der Waals surface area (Å²) in [6.07, 6.45) is 3.41. The van der Waals surface area contributed by atoms with Crippen molar-refractivity contribution >= 4 is 29.5 Å². The Morgan fingerprint density at radius 1 is 0.929 bits per heavy atom. The van der Waals surface area contributed by atoms with Crippen LogP contribution in [0.2, 0.25) is 0 Å². The predicted molar refractivity (Wildman–Crippen MR) is 162 cm³/mol. The van der Waals surface area contributed by atoms with Gasteiger partial charge in [-0.15, -0.1) is 0 Å². The van der Waals surface area contributed by atoms with Crippen LogP contribution in [-0.2, 0) is 20.8 Å². The first-order valence-electron chi connectivity index (χ1n) is 13.9. The zero-order valence-corrected chi connectivity index (χ0v) is 25.5. The molecule has 12 nitrogen and oxygen atoms in total. The molecule has 0 fully saturated rings. The van der Waals surface area contributed by atoms with E-state index >= 15 is 0 Å². The van der Waals surface area contributed by atoms with Crippen LogP contribution in [0.1, 0.15) is 53.5 Å². The lowest BCUT2D eigenvalue weighted by molar-refractivity contribution is -0.155. The number of aromatic nitrogens is 4. The van der Waals surface area contributed by atoms with Gasteiger partial charge in [0.25, 0.3) is 0 Å². The van der Waals surface area contributed by atoms with Crippen molar-refractivity contribution < 1.29 is 19.1 Å². The molecule has 0 saturated carbocycles. The lowest BCUT2D eigenvalue weighted by Crippen LogP contribution is -2.33. The third kappa shape index (κ3) is 12.0. The SMILES string of the molecule is CN(CC(=O)OC(C)(C)C)Cc1cccc(Nc2ncnc(-c3ccnc(NCCCNC(=O)OC(C)(C)C)c3)n2)c1. The van der Waals surface area contributed by atoms with Crippen LogP contribution in [0.3, 0.4) is 0 Å². The van der Waals surface area contributed by atoms with Gasteiger partial charge in [0, 0.05) is 37.1 Å². The van der Waals surface area contributed by atoms with Crippen molar-refractivity contribution in [3.63, 3.8) is 0 Å². The molecule has 226 valence electrons. The first-order valence-corrected chi connectivity index (χ1v) is 13.9. The van der Waals surface area contributed by atoms with Crippen LogP contribution in [0.5, 0.6) is 0 Å². The number of rotatable bonds is 12. The molecular weight excluding hydrogens is 536 g/mol. The number of pyridine rings is 1. The molecule has 3 N–H and O–H groups in total. The van der Waals surface area contributed by atoms with Crippen molar-refractivity contribution in [2.24, 2.45) is 0 Å². The quantitative estimate of drug-likeness (QED) is 0.202. The zero-order chi connectivity index (χ0) is 30.8. The third-order valence-corrected chi connectivity index (χ3v) is 5.37. The summed E-state index contributed by atoms with van der Waals surface area (Å²) in [5.74, 6) is 1.31. The summed E-state index contributed by atoms with van der Waals surface area (Å²) in [6.45, 7) is 12.9. The molecule has 0 saturated heterocycles. The van der Waals surface area contributed by atoms with E-state index in [4.69, 9.17) is 9.47 Å². The molecule has 0 spiro atoms. The topological polar surface area (TPSA) is 143 Å². The summed E-state index contributed by atoms with van der Waals surface area (Å²) in [5, 5.41) is 9.23. The number of carbonyl (C=O) groups is 2. The molecule has 12 heteroatoms. The minimum absolute atomic E-state index is 0.192. The Labute approximate surface area is 247 Å². The molecule has 3 aromatic rings. The normalized spacial score (nSPS) is 11.6. The Kier molecular flexibility index (Phi) is 11.1. The van der Waals surface area contributed by atoms with E-state index in [0.29, 0.717) is 43.6 Å². The number of anilines is 3. The summed E-state index contributed by atoms with van der Waals surface area (Å²) in [5.41, 5.74) is 1.57. The molecule has 0 radical (unpaired) electrons. The second-order valence-electron chi connectivity index (χ2n) is 11.9. The molecule has 0 aliphatic carbocycles. The standard InChI is InChI=1S/C30H42N8O4/c1-29(2,3)41-25(39)19-38(7)18-21-10-8-11-23(16-21)36-27-35-20-34-26(37-27)22-12-15-32-24(17-22)31-13-9-14-33-28(40)42-30(4,5)6/h8,10-12,15-17,20H,9,13-14,18-19H2,1-7H3,(H,31,32)(H,33,40)(H,34,35,36,37). The lowest BCUT2D eigenvalue weighted by Gasteiger charge is -2.22. The monoisotopic (exact) mass is 578 g/mol. The largest absolute Gasteiger partial charge is 0.459 e. The summed E-state index contributed by atoms with van der Waals surface area (Å²) in [7, 11) is 1.88. The van der Waals surface area contributed by atoms with Crippen molar-refractivity contribution in [2.45, 2.75) is 65.7 Å². The van der Waals surface area contributed by atoms with Crippen LogP contribution >= 0.6 is 0 Å². The average Bonchev–Trinajstić information content (AvgIpc) is 2.87. The van der Waals surface area contributed by atoms with Crippen LogP contribution in [0, 0.1) is 0 Å². The molecule has 2 aromatic heterocycles. The van der Waals surface area contributed by atoms with Crippen molar-refractivity contribution in [1.29, 1.82) is 0 Å². The summed E-state index contributed by atoms with van der Waals surface area (Å²) in [4.78, 5) is 43.4. The van der Waals surface area contributed by atoms with Gasteiger partial charge in [-0.3, -0.25) is 9.69 Å². The lowest BCUT2D eigenvalue weighted by atomic mass is 10.2. The third-order valence-electron chi connectivity index (χ3n) is 5.37. The Morgan fingerprint density at radius 2 is 1.69 bits per heavy atom. The number of esters is 1. The molecule has 0 unspecified atom stereocenters. The van der Waals surface area contributed by atoms with E-state index in [9.17, 15) is 9.59 Å². The number of ether oxygens (including phenoxy) is 2. The van der Waals surface area contributed by atoms with Gasteiger partial charge in [0.2, 0.25) is 5.95 Å². The Hall–Kier alpha value is -4.32. The molecule has 0 bridgehead atoms. The molecule has 1 aromatic carbocycles. The van der Waals surface area contributed by atoms with E-state index < -0.39 is 17.3 Å². The maximum Gasteiger partial charge on any atom is 0.407 e. The number of amides is 1. The van der Waals surface area contributed by atoms with Gasteiger partial charge in [0.05, 0.1) is 6.54 Å². The Balaban J connectivity index is 1.54.